The van der Waals surface area contributed by atoms with Gasteiger partial charge in [-0.1, -0.05) is 18.6 Å². The quantitative estimate of drug-likeness (QED) is 0.499. The second-order valence-electron chi connectivity index (χ2n) is 8.38. The van der Waals surface area contributed by atoms with E-state index in [4.69, 9.17) is 5.73 Å². The minimum atomic E-state index is -4.62. The van der Waals surface area contributed by atoms with Gasteiger partial charge in [-0.05, 0) is 44.7 Å². The Morgan fingerprint density at radius 2 is 2.06 bits per heavy atom. The van der Waals surface area contributed by atoms with Crippen molar-refractivity contribution in [2.45, 2.75) is 31.5 Å². The van der Waals surface area contributed by atoms with Crippen LogP contribution in [0, 0.1) is 5.92 Å². The van der Waals surface area contributed by atoms with E-state index in [0.29, 0.717) is 28.3 Å². The number of rotatable bonds is 5. The van der Waals surface area contributed by atoms with E-state index < -0.39 is 18.9 Å². The van der Waals surface area contributed by atoms with Crippen molar-refractivity contribution in [1.82, 2.24) is 15.0 Å². The molecule has 0 spiro atoms. The van der Waals surface area contributed by atoms with Crippen molar-refractivity contribution < 1.29 is 17.7 Å². The Morgan fingerprint density at radius 1 is 1.29 bits per heavy atom. The predicted molar refractivity (Wildman–Crippen MR) is 117 cm³/mol. The summed E-state index contributed by atoms with van der Waals surface area (Å²) in [5, 5.41) is 4.31. The first kappa shape index (κ1) is 21.8. The van der Waals surface area contributed by atoms with Crippen LogP contribution in [0.2, 0.25) is 0 Å². The van der Waals surface area contributed by atoms with Crippen molar-refractivity contribution >= 4 is 29.3 Å². The second-order valence-corrected chi connectivity index (χ2v) is 11.6. The summed E-state index contributed by atoms with van der Waals surface area (Å²) in [4.78, 5) is 11.2. The SMILES string of the molecule is CP(C)(=O)c1cccc2c(-c3nc(N[C@H]4CCC[C@H]4CN)ncc3C(F)(F)F)c[nH]c12. The fourth-order valence-electron chi connectivity index (χ4n) is 4.32. The smallest absolute Gasteiger partial charge is 0.360 e. The monoisotopic (exact) mass is 451 g/mol. The van der Waals surface area contributed by atoms with Crippen LogP contribution in [-0.4, -0.2) is 40.9 Å². The van der Waals surface area contributed by atoms with Crippen LogP contribution in [0.5, 0.6) is 0 Å². The molecule has 0 saturated heterocycles. The zero-order chi connectivity index (χ0) is 22.4. The lowest BCUT2D eigenvalue weighted by atomic mass is 10.0. The molecule has 10 heteroatoms. The molecular weight excluding hydrogens is 426 g/mol. The number of benzene rings is 1. The maximum Gasteiger partial charge on any atom is 0.419 e. The number of anilines is 1. The number of para-hydroxylation sites is 1. The zero-order valence-corrected chi connectivity index (χ0v) is 18.2. The Labute approximate surface area is 178 Å². The molecule has 0 unspecified atom stereocenters. The highest BCUT2D eigenvalue weighted by molar-refractivity contribution is 7.70. The van der Waals surface area contributed by atoms with Gasteiger partial charge in [-0.3, -0.25) is 0 Å². The van der Waals surface area contributed by atoms with Gasteiger partial charge < -0.3 is 20.6 Å². The number of nitrogens with two attached hydrogens (primary N) is 1. The van der Waals surface area contributed by atoms with Gasteiger partial charge in [0.15, 0.2) is 0 Å². The van der Waals surface area contributed by atoms with E-state index in [1.807, 2.05) is 0 Å². The molecule has 2 aromatic heterocycles. The molecule has 4 rings (SSSR count). The molecule has 6 nitrogen and oxygen atoms in total. The molecule has 31 heavy (non-hydrogen) atoms. The zero-order valence-electron chi connectivity index (χ0n) is 17.3. The molecule has 0 bridgehead atoms. The number of alkyl halides is 3. The van der Waals surface area contributed by atoms with Gasteiger partial charge in [0, 0.05) is 34.7 Å². The normalized spacial score (nSPS) is 19.8. The van der Waals surface area contributed by atoms with Gasteiger partial charge >= 0.3 is 6.18 Å². The summed E-state index contributed by atoms with van der Waals surface area (Å²) in [7, 11) is -2.64. The van der Waals surface area contributed by atoms with Crippen molar-refractivity contribution in [2.75, 3.05) is 25.2 Å². The number of H-pyrrole nitrogens is 1. The van der Waals surface area contributed by atoms with Crippen molar-refractivity contribution in [3.63, 3.8) is 0 Å². The van der Waals surface area contributed by atoms with E-state index >= 15 is 0 Å². The van der Waals surface area contributed by atoms with Gasteiger partial charge in [0.2, 0.25) is 5.95 Å². The standard InChI is InChI=1S/C21H25F3N5OP/c1-31(2,30)17-8-4-6-13-14(10-26-19(13)17)18-15(21(22,23)24)11-27-20(29-18)28-16-7-3-5-12(16)9-25/h4,6,8,10-12,16,26H,3,5,7,9,25H2,1-2H3,(H,27,28,29)/t12-,16-/m0/s1. The number of nitrogens with zero attached hydrogens (tertiary/aromatic N) is 2. The largest absolute Gasteiger partial charge is 0.419 e. The lowest BCUT2D eigenvalue weighted by Gasteiger charge is -2.20. The van der Waals surface area contributed by atoms with Crippen LogP contribution in [0.4, 0.5) is 19.1 Å². The number of aromatic nitrogens is 3. The molecular formula is C21H25F3N5OP. The van der Waals surface area contributed by atoms with Crippen LogP contribution in [0.3, 0.4) is 0 Å². The number of hydrogen-bond donors (Lipinski definition) is 3. The number of aromatic amines is 1. The van der Waals surface area contributed by atoms with E-state index in [-0.39, 0.29) is 23.6 Å². The first-order chi connectivity index (χ1) is 14.6. The van der Waals surface area contributed by atoms with Crippen LogP contribution in [0.15, 0.2) is 30.6 Å². The first-order valence-electron chi connectivity index (χ1n) is 10.2. The third-order valence-electron chi connectivity index (χ3n) is 5.90. The van der Waals surface area contributed by atoms with Gasteiger partial charge in [-0.15, -0.1) is 0 Å². The molecule has 2 heterocycles. The predicted octanol–water partition coefficient (Wildman–Crippen LogP) is 4.43. The van der Waals surface area contributed by atoms with Crippen molar-refractivity contribution in [3.05, 3.63) is 36.2 Å². The molecule has 0 radical (unpaired) electrons. The van der Waals surface area contributed by atoms with Crippen molar-refractivity contribution in [2.24, 2.45) is 11.7 Å². The van der Waals surface area contributed by atoms with E-state index in [0.717, 1.165) is 25.5 Å². The lowest BCUT2D eigenvalue weighted by molar-refractivity contribution is -0.137. The molecule has 4 N–H and O–H groups in total. The summed E-state index contributed by atoms with van der Waals surface area (Å²) in [6.07, 6.45) is 0.550. The number of fused-ring (bicyclic) bond motifs is 1. The Bertz CT molecular complexity index is 1150. The fourth-order valence-corrected chi connectivity index (χ4v) is 5.49. The topological polar surface area (TPSA) is 96.7 Å². The summed E-state index contributed by atoms with van der Waals surface area (Å²) in [5.74, 6) is 0.392. The number of halogens is 3. The average molecular weight is 451 g/mol. The van der Waals surface area contributed by atoms with Crippen molar-refractivity contribution in [1.29, 1.82) is 0 Å². The molecule has 1 aliphatic carbocycles. The van der Waals surface area contributed by atoms with E-state index in [9.17, 15) is 17.7 Å². The van der Waals surface area contributed by atoms with Crippen molar-refractivity contribution in [3.8, 4) is 11.3 Å². The van der Waals surface area contributed by atoms with Gasteiger partial charge in [0.05, 0.1) is 11.2 Å². The van der Waals surface area contributed by atoms with Gasteiger partial charge in [0.25, 0.3) is 0 Å². The number of hydrogen-bond acceptors (Lipinski definition) is 5. The summed E-state index contributed by atoms with van der Waals surface area (Å²) in [6.45, 7) is 3.77. The molecule has 0 aliphatic heterocycles. The lowest BCUT2D eigenvalue weighted by Crippen LogP contribution is -2.30. The van der Waals surface area contributed by atoms with Gasteiger partial charge in [-0.2, -0.15) is 13.2 Å². The molecule has 1 fully saturated rings. The summed E-state index contributed by atoms with van der Waals surface area (Å²) in [5.41, 5.74) is 5.55. The molecule has 0 amide bonds. The average Bonchev–Trinajstić information content (AvgIpc) is 3.32. The minimum absolute atomic E-state index is 0.0372. The third kappa shape index (κ3) is 4.21. The highest BCUT2D eigenvalue weighted by Crippen LogP contribution is 2.42. The Balaban J connectivity index is 1.84. The van der Waals surface area contributed by atoms with Crippen LogP contribution in [0.1, 0.15) is 24.8 Å². The Morgan fingerprint density at radius 3 is 2.74 bits per heavy atom. The maximum absolute atomic E-state index is 13.8. The van der Waals surface area contributed by atoms with Crippen LogP contribution < -0.4 is 16.4 Å². The van der Waals surface area contributed by atoms with Crippen LogP contribution in [-0.2, 0) is 10.7 Å². The summed E-state index contributed by atoms with van der Waals surface area (Å²) >= 11 is 0. The van der Waals surface area contributed by atoms with Gasteiger partial charge in [0.1, 0.15) is 12.7 Å². The maximum atomic E-state index is 13.8. The van der Waals surface area contributed by atoms with Crippen LogP contribution in [0.25, 0.3) is 22.2 Å². The van der Waals surface area contributed by atoms with Gasteiger partial charge in [-0.25, -0.2) is 9.97 Å². The molecule has 3 aromatic rings. The summed E-state index contributed by atoms with van der Waals surface area (Å²) in [6, 6.07) is 5.17. The second kappa shape index (κ2) is 7.95. The fraction of sp³-hybridized carbons (Fsp3) is 0.429. The Hall–Kier alpha value is -2.38. The molecule has 166 valence electrons. The first-order valence-corrected chi connectivity index (χ1v) is 12.8. The molecule has 1 aromatic carbocycles. The molecule has 2 atom stereocenters. The van der Waals surface area contributed by atoms with Crippen LogP contribution >= 0.6 is 7.14 Å². The summed E-state index contributed by atoms with van der Waals surface area (Å²) < 4.78 is 54.0. The highest BCUT2D eigenvalue weighted by Gasteiger charge is 2.36. The van der Waals surface area contributed by atoms with E-state index in [2.05, 4.69) is 20.3 Å². The molecule has 1 saturated carbocycles. The van der Waals surface area contributed by atoms with E-state index in [1.165, 1.54) is 6.20 Å². The minimum Gasteiger partial charge on any atom is -0.360 e. The highest BCUT2D eigenvalue weighted by atomic mass is 31.2. The molecule has 1 aliphatic rings. The number of nitrogens with one attached hydrogen (secondary N) is 2. The van der Waals surface area contributed by atoms with E-state index in [1.54, 1.807) is 31.5 Å². The Kier molecular flexibility index (Phi) is 5.60. The third-order valence-corrected chi connectivity index (χ3v) is 7.43.